The van der Waals surface area contributed by atoms with E-state index in [1.165, 1.54) is 4.57 Å². The monoisotopic (exact) mass is 344 g/mol. The maximum atomic E-state index is 12.6. The molecule has 2 rings (SSSR count). The van der Waals surface area contributed by atoms with Crippen molar-refractivity contribution in [3.8, 4) is 0 Å². The number of hydrogen-bond acceptors (Lipinski definition) is 4. The Morgan fingerprint density at radius 1 is 1.04 bits per heavy atom. The fourth-order valence-corrected chi connectivity index (χ4v) is 2.66. The number of nitrogens with two attached hydrogens (primary N) is 1. The molecule has 0 aliphatic rings. The van der Waals surface area contributed by atoms with Crippen LogP contribution in [0.3, 0.4) is 0 Å². The number of aromatic nitrogens is 2. The number of nitrogens with one attached hydrogen (secondary N) is 1. The number of benzene rings is 1. The Morgan fingerprint density at radius 3 is 2.24 bits per heavy atom. The Balaban J connectivity index is 2.40. The van der Waals surface area contributed by atoms with Crippen LogP contribution in [0.5, 0.6) is 0 Å². The van der Waals surface area contributed by atoms with Crippen molar-refractivity contribution < 1.29 is 4.79 Å². The number of carbonyl (C=O) groups is 1. The van der Waals surface area contributed by atoms with Gasteiger partial charge in [0.25, 0.3) is 5.56 Å². The molecule has 7 heteroatoms. The van der Waals surface area contributed by atoms with Gasteiger partial charge in [0.15, 0.2) is 0 Å². The van der Waals surface area contributed by atoms with E-state index < -0.39 is 11.2 Å². The van der Waals surface area contributed by atoms with E-state index in [1.807, 2.05) is 44.2 Å². The Kier molecular flexibility index (Phi) is 6.16. The smallest absolute Gasteiger partial charge is 0.332 e. The SMILES string of the molecule is CCCn1c(N)c(NC(=O)Cc2ccccc2)c(=O)n(CCC)c1=O. The van der Waals surface area contributed by atoms with E-state index in [9.17, 15) is 14.4 Å². The van der Waals surface area contributed by atoms with Crippen LogP contribution in [0.25, 0.3) is 0 Å². The summed E-state index contributed by atoms with van der Waals surface area (Å²) in [5.41, 5.74) is 5.82. The molecule has 1 heterocycles. The molecule has 25 heavy (non-hydrogen) atoms. The van der Waals surface area contributed by atoms with E-state index in [4.69, 9.17) is 5.73 Å². The van der Waals surface area contributed by atoms with E-state index in [2.05, 4.69) is 5.32 Å². The van der Waals surface area contributed by atoms with Gasteiger partial charge >= 0.3 is 5.69 Å². The number of amides is 1. The average Bonchev–Trinajstić information content (AvgIpc) is 2.60. The van der Waals surface area contributed by atoms with Gasteiger partial charge in [-0.1, -0.05) is 44.2 Å². The summed E-state index contributed by atoms with van der Waals surface area (Å²) in [6.45, 7) is 4.45. The Labute approximate surface area is 146 Å². The number of carbonyl (C=O) groups excluding carboxylic acids is 1. The van der Waals surface area contributed by atoms with Crippen LogP contribution in [0.4, 0.5) is 11.5 Å². The van der Waals surface area contributed by atoms with Crippen molar-refractivity contribution in [1.82, 2.24) is 9.13 Å². The lowest BCUT2D eigenvalue weighted by Crippen LogP contribution is -2.43. The third kappa shape index (κ3) is 4.17. The van der Waals surface area contributed by atoms with Crippen LogP contribution in [0.1, 0.15) is 32.3 Å². The molecular weight excluding hydrogens is 320 g/mol. The van der Waals surface area contributed by atoms with Crippen LogP contribution < -0.4 is 22.3 Å². The summed E-state index contributed by atoms with van der Waals surface area (Å²) in [7, 11) is 0. The van der Waals surface area contributed by atoms with Gasteiger partial charge in [0.1, 0.15) is 11.5 Å². The van der Waals surface area contributed by atoms with E-state index >= 15 is 0 Å². The Morgan fingerprint density at radius 2 is 1.64 bits per heavy atom. The predicted octanol–water partition coefficient (Wildman–Crippen LogP) is 1.59. The third-order valence-corrected chi connectivity index (χ3v) is 3.83. The Bertz CT molecular complexity index is 853. The van der Waals surface area contributed by atoms with Crippen molar-refractivity contribution in [2.24, 2.45) is 0 Å². The summed E-state index contributed by atoms with van der Waals surface area (Å²) in [4.78, 5) is 37.4. The highest BCUT2D eigenvalue weighted by Gasteiger charge is 2.18. The molecule has 1 aromatic carbocycles. The second-order valence-electron chi connectivity index (χ2n) is 5.86. The largest absolute Gasteiger partial charge is 0.383 e. The van der Waals surface area contributed by atoms with Crippen LogP contribution in [0.15, 0.2) is 39.9 Å². The van der Waals surface area contributed by atoms with Gasteiger partial charge in [0.2, 0.25) is 5.91 Å². The lowest BCUT2D eigenvalue weighted by atomic mass is 10.1. The second-order valence-corrected chi connectivity index (χ2v) is 5.86. The molecule has 0 aliphatic heterocycles. The van der Waals surface area contributed by atoms with Gasteiger partial charge in [-0.3, -0.25) is 18.7 Å². The first kappa shape index (κ1) is 18.5. The number of nitrogens with zero attached hydrogens (tertiary/aromatic N) is 2. The lowest BCUT2D eigenvalue weighted by molar-refractivity contribution is -0.115. The predicted molar refractivity (Wildman–Crippen MR) is 98.7 cm³/mol. The van der Waals surface area contributed by atoms with Gasteiger partial charge in [-0.15, -0.1) is 0 Å². The molecular formula is C18H24N4O3. The number of nitrogen functional groups attached to an aromatic ring is 1. The van der Waals surface area contributed by atoms with Gasteiger partial charge in [-0.25, -0.2) is 4.79 Å². The summed E-state index contributed by atoms with van der Waals surface area (Å²) in [6, 6.07) is 9.20. The fraction of sp³-hybridized carbons (Fsp3) is 0.389. The van der Waals surface area contributed by atoms with Crippen LogP contribution in [-0.4, -0.2) is 15.0 Å². The lowest BCUT2D eigenvalue weighted by Gasteiger charge is -2.16. The zero-order valence-electron chi connectivity index (χ0n) is 14.6. The summed E-state index contributed by atoms with van der Waals surface area (Å²) >= 11 is 0. The van der Waals surface area contributed by atoms with Gasteiger partial charge in [-0.05, 0) is 18.4 Å². The molecule has 0 saturated carbocycles. The maximum Gasteiger partial charge on any atom is 0.332 e. The molecule has 2 aromatic rings. The van der Waals surface area contributed by atoms with E-state index in [0.717, 1.165) is 10.1 Å². The van der Waals surface area contributed by atoms with Crippen LogP contribution in [0, 0.1) is 0 Å². The molecule has 0 aliphatic carbocycles. The summed E-state index contributed by atoms with van der Waals surface area (Å²) in [5, 5.41) is 2.59. The minimum atomic E-state index is -0.557. The highest BCUT2D eigenvalue weighted by molar-refractivity contribution is 5.94. The second kappa shape index (κ2) is 8.32. The number of anilines is 2. The minimum absolute atomic E-state index is 0.00520. The maximum absolute atomic E-state index is 12.6. The Hall–Kier alpha value is -2.83. The van der Waals surface area contributed by atoms with Crippen molar-refractivity contribution >= 4 is 17.4 Å². The topological polar surface area (TPSA) is 99.1 Å². The zero-order valence-corrected chi connectivity index (χ0v) is 14.6. The van der Waals surface area contributed by atoms with Crippen molar-refractivity contribution in [2.45, 2.75) is 46.2 Å². The first-order valence-corrected chi connectivity index (χ1v) is 8.46. The molecule has 0 bridgehead atoms. The molecule has 7 nitrogen and oxygen atoms in total. The zero-order chi connectivity index (χ0) is 18.4. The van der Waals surface area contributed by atoms with Crippen LogP contribution >= 0.6 is 0 Å². The normalized spacial score (nSPS) is 10.6. The standard InChI is InChI=1S/C18H24N4O3/c1-3-10-21-16(19)15(17(24)22(11-4-2)18(21)25)20-14(23)12-13-8-6-5-7-9-13/h5-9H,3-4,10-12,19H2,1-2H3,(H,20,23). The van der Waals surface area contributed by atoms with E-state index in [1.54, 1.807) is 0 Å². The first-order valence-electron chi connectivity index (χ1n) is 8.46. The van der Waals surface area contributed by atoms with Crippen molar-refractivity contribution in [3.05, 3.63) is 56.7 Å². The summed E-state index contributed by atoms with van der Waals surface area (Å²) < 4.78 is 2.47. The van der Waals surface area contributed by atoms with E-state index in [0.29, 0.717) is 19.4 Å². The van der Waals surface area contributed by atoms with Crippen molar-refractivity contribution in [1.29, 1.82) is 0 Å². The van der Waals surface area contributed by atoms with Gasteiger partial charge in [-0.2, -0.15) is 0 Å². The number of rotatable bonds is 7. The molecule has 3 N–H and O–H groups in total. The highest BCUT2D eigenvalue weighted by Crippen LogP contribution is 2.12. The molecule has 0 fully saturated rings. The fourth-order valence-electron chi connectivity index (χ4n) is 2.66. The molecule has 0 spiro atoms. The van der Waals surface area contributed by atoms with Gasteiger partial charge in [0.05, 0.1) is 6.42 Å². The third-order valence-electron chi connectivity index (χ3n) is 3.83. The molecule has 134 valence electrons. The van der Waals surface area contributed by atoms with Crippen molar-refractivity contribution in [2.75, 3.05) is 11.1 Å². The molecule has 0 radical (unpaired) electrons. The minimum Gasteiger partial charge on any atom is -0.383 e. The average molecular weight is 344 g/mol. The summed E-state index contributed by atoms with van der Waals surface area (Å²) in [6.07, 6.45) is 1.44. The highest BCUT2D eigenvalue weighted by atomic mass is 16.2. The summed E-state index contributed by atoms with van der Waals surface area (Å²) in [5.74, 6) is -0.342. The molecule has 0 unspecified atom stereocenters. The molecule has 0 saturated heterocycles. The molecule has 1 amide bonds. The van der Waals surface area contributed by atoms with Crippen molar-refractivity contribution in [3.63, 3.8) is 0 Å². The van der Waals surface area contributed by atoms with E-state index in [-0.39, 0.29) is 30.4 Å². The number of hydrogen-bond donors (Lipinski definition) is 2. The van der Waals surface area contributed by atoms with Crippen LogP contribution in [0.2, 0.25) is 0 Å². The van der Waals surface area contributed by atoms with Gasteiger partial charge in [0, 0.05) is 13.1 Å². The van der Waals surface area contributed by atoms with Crippen LogP contribution in [-0.2, 0) is 24.3 Å². The molecule has 1 aromatic heterocycles. The van der Waals surface area contributed by atoms with Gasteiger partial charge < -0.3 is 11.1 Å². The first-order chi connectivity index (χ1) is 12.0. The quantitative estimate of drug-likeness (QED) is 0.797. The molecule has 0 atom stereocenters.